The molecule has 0 radical (unpaired) electrons. The fourth-order valence-corrected chi connectivity index (χ4v) is 3.25. The van der Waals surface area contributed by atoms with Gasteiger partial charge in [0.15, 0.2) is 0 Å². The molecule has 1 saturated heterocycles. The lowest BCUT2D eigenvalue weighted by atomic mass is 9.84. The molecule has 1 saturated carbocycles. The fourth-order valence-electron chi connectivity index (χ4n) is 3.25. The third-order valence-electron chi connectivity index (χ3n) is 4.03. The number of hydrogen-bond acceptors (Lipinski definition) is 3. The summed E-state index contributed by atoms with van der Waals surface area (Å²) in [6.45, 7) is 4.65. The number of aliphatic hydroxyl groups is 1. The van der Waals surface area contributed by atoms with E-state index in [1.807, 2.05) is 0 Å². The van der Waals surface area contributed by atoms with Gasteiger partial charge in [-0.25, -0.2) is 0 Å². The molecule has 0 aromatic heterocycles. The Balaban J connectivity index is 1.87. The van der Waals surface area contributed by atoms with E-state index in [-0.39, 0.29) is 0 Å². The van der Waals surface area contributed by atoms with Crippen molar-refractivity contribution in [3.05, 3.63) is 0 Å². The number of hydrogen-bond donors (Lipinski definition) is 2. The van der Waals surface area contributed by atoms with Gasteiger partial charge in [-0.2, -0.15) is 0 Å². The first-order valence-corrected chi connectivity index (χ1v) is 5.81. The molecule has 3 N–H and O–H groups in total. The van der Waals surface area contributed by atoms with Crippen LogP contribution in [-0.2, 0) is 0 Å². The lowest BCUT2D eigenvalue weighted by molar-refractivity contribution is 0.205. The van der Waals surface area contributed by atoms with E-state index in [1.165, 1.54) is 38.8 Å². The summed E-state index contributed by atoms with van der Waals surface area (Å²) in [4.78, 5) is 2.49. The Morgan fingerprint density at radius 3 is 2.93 bits per heavy atom. The summed E-state index contributed by atoms with van der Waals surface area (Å²) >= 11 is 0. The minimum atomic E-state index is 0.388. The van der Waals surface area contributed by atoms with Crippen LogP contribution in [0.15, 0.2) is 0 Å². The topological polar surface area (TPSA) is 49.5 Å². The average Bonchev–Trinajstić information content (AvgIpc) is 2.76. The van der Waals surface area contributed by atoms with E-state index in [0.717, 1.165) is 13.1 Å². The lowest BCUT2D eigenvalue weighted by Crippen LogP contribution is -2.30. The van der Waals surface area contributed by atoms with E-state index in [0.29, 0.717) is 17.9 Å². The van der Waals surface area contributed by atoms with E-state index in [1.54, 1.807) is 0 Å². The Hall–Kier alpha value is -0.120. The van der Waals surface area contributed by atoms with E-state index < -0.39 is 0 Å². The van der Waals surface area contributed by atoms with Crippen LogP contribution in [0.25, 0.3) is 0 Å². The van der Waals surface area contributed by atoms with Crippen molar-refractivity contribution in [2.45, 2.75) is 25.7 Å². The van der Waals surface area contributed by atoms with Gasteiger partial charge in [0.1, 0.15) is 0 Å². The minimum Gasteiger partial charge on any atom is -0.396 e. The molecule has 3 nitrogen and oxygen atoms in total. The average molecular weight is 198 g/mol. The second-order valence-electron chi connectivity index (χ2n) is 5.11. The summed E-state index contributed by atoms with van der Waals surface area (Å²) in [6.07, 6.45) is 5.11. The van der Waals surface area contributed by atoms with Crippen molar-refractivity contribution in [1.82, 2.24) is 4.90 Å². The second kappa shape index (κ2) is 4.17. The van der Waals surface area contributed by atoms with Gasteiger partial charge >= 0.3 is 0 Å². The van der Waals surface area contributed by atoms with Crippen LogP contribution in [0.1, 0.15) is 25.7 Å². The monoisotopic (exact) mass is 198 g/mol. The molecule has 0 unspecified atom stereocenters. The normalized spacial score (nSPS) is 38.6. The van der Waals surface area contributed by atoms with Gasteiger partial charge < -0.3 is 15.7 Å². The Kier molecular flexibility index (Phi) is 3.10. The van der Waals surface area contributed by atoms with Crippen LogP contribution >= 0.6 is 0 Å². The van der Waals surface area contributed by atoms with Crippen molar-refractivity contribution >= 4 is 0 Å². The highest BCUT2D eigenvalue weighted by Crippen LogP contribution is 2.47. The predicted molar refractivity (Wildman–Crippen MR) is 57.0 cm³/mol. The molecule has 0 amide bonds. The first-order chi connectivity index (χ1) is 6.78. The number of nitrogens with two attached hydrogens (primary N) is 1. The van der Waals surface area contributed by atoms with Crippen molar-refractivity contribution in [2.75, 3.05) is 32.8 Å². The van der Waals surface area contributed by atoms with Gasteiger partial charge in [-0.1, -0.05) is 0 Å². The van der Waals surface area contributed by atoms with Gasteiger partial charge in [-0.3, -0.25) is 0 Å². The van der Waals surface area contributed by atoms with Gasteiger partial charge in [0, 0.05) is 26.2 Å². The zero-order valence-corrected chi connectivity index (χ0v) is 8.91. The van der Waals surface area contributed by atoms with Crippen molar-refractivity contribution in [2.24, 2.45) is 17.1 Å². The van der Waals surface area contributed by atoms with E-state index in [4.69, 9.17) is 10.8 Å². The van der Waals surface area contributed by atoms with Crippen LogP contribution in [0.5, 0.6) is 0 Å². The van der Waals surface area contributed by atoms with Gasteiger partial charge in [-0.05, 0) is 43.6 Å². The van der Waals surface area contributed by atoms with Crippen LogP contribution in [0.2, 0.25) is 0 Å². The maximum atomic E-state index is 9.15. The van der Waals surface area contributed by atoms with E-state index in [2.05, 4.69) is 4.90 Å². The number of aliphatic hydroxyl groups excluding tert-OH is 1. The maximum Gasteiger partial charge on any atom is 0.0459 e. The van der Waals surface area contributed by atoms with Crippen LogP contribution in [0.3, 0.4) is 0 Å². The highest BCUT2D eigenvalue weighted by atomic mass is 16.3. The molecule has 0 aromatic carbocycles. The molecular formula is C11H22N2O. The Bertz CT molecular complexity index is 198. The SMILES string of the molecule is NCCN1CC[C@@]2(CC[C@@H](CO)C2)C1. The second-order valence-corrected chi connectivity index (χ2v) is 5.11. The first-order valence-electron chi connectivity index (χ1n) is 5.81. The predicted octanol–water partition coefficient (Wildman–Crippen LogP) is 0.430. The largest absolute Gasteiger partial charge is 0.396 e. The minimum absolute atomic E-state index is 0.388. The molecule has 2 fully saturated rings. The molecule has 0 aromatic rings. The van der Waals surface area contributed by atoms with E-state index >= 15 is 0 Å². The number of nitrogens with zero attached hydrogens (tertiary/aromatic N) is 1. The Labute approximate surface area is 86.3 Å². The molecule has 1 heterocycles. The number of rotatable bonds is 3. The fraction of sp³-hybridized carbons (Fsp3) is 1.00. The highest BCUT2D eigenvalue weighted by Gasteiger charge is 2.43. The molecule has 1 aliphatic carbocycles. The molecule has 1 aliphatic heterocycles. The molecule has 82 valence electrons. The van der Waals surface area contributed by atoms with Gasteiger partial charge in [-0.15, -0.1) is 0 Å². The molecule has 3 heteroatoms. The van der Waals surface area contributed by atoms with Crippen molar-refractivity contribution in [3.63, 3.8) is 0 Å². The molecule has 2 aliphatic rings. The van der Waals surface area contributed by atoms with Crippen LogP contribution in [0, 0.1) is 11.3 Å². The molecule has 2 rings (SSSR count). The van der Waals surface area contributed by atoms with Crippen LogP contribution in [0.4, 0.5) is 0 Å². The molecule has 1 spiro atoms. The summed E-state index contributed by atoms with van der Waals surface area (Å²) < 4.78 is 0. The third-order valence-corrected chi connectivity index (χ3v) is 4.03. The Morgan fingerprint density at radius 1 is 1.43 bits per heavy atom. The van der Waals surface area contributed by atoms with Crippen LogP contribution < -0.4 is 5.73 Å². The van der Waals surface area contributed by atoms with Gasteiger partial charge in [0.05, 0.1) is 0 Å². The molecule has 0 bridgehead atoms. The van der Waals surface area contributed by atoms with Crippen molar-refractivity contribution < 1.29 is 5.11 Å². The first kappa shape index (κ1) is 10.4. The summed E-state index contributed by atoms with van der Waals surface area (Å²) in [5.41, 5.74) is 6.11. The molecular weight excluding hydrogens is 176 g/mol. The van der Waals surface area contributed by atoms with E-state index in [9.17, 15) is 0 Å². The van der Waals surface area contributed by atoms with Gasteiger partial charge in [0.25, 0.3) is 0 Å². The summed E-state index contributed by atoms with van der Waals surface area (Å²) in [5, 5.41) is 9.15. The van der Waals surface area contributed by atoms with Crippen LogP contribution in [-0.4, -0.2) is 42.8 Å². The Morgan fingerprint density at radius 2 is 2.29 bits per heavy atom. The molecule has 2 atom stereocenters. The van der Waals surface area contributed by atoms with Crippen molar-refractivity contribution in [1.29, 1.82) is 0 Å². The maximum absolute atomic E-state index is 9.15. The quantitative estimate of drug-likeness (QED) is 0.691. The zero-order chi connectivity index (χ0) is 10.0. The molecule has 14 heavy (non-hydrogen) atoms. The number of likely N-dealkylation sites (tertiary alicyclic amines) is 1. The smallest absolute Gasteiger partial charge is 0.0459 e. The van der Waals surface area contributed by atoms with Gasteiger partial charge in [0.2, 0.25) is 0 Å². The standard InChI is InChI=1S/C11H22N2O/c12-4-6-13-5-3-11(9-13)2-1-10(7-11)8-14/h10,14H,1-9,12H2/t10-,11-/m1/s1. The summed E-state index contributed by atoms with van der Waals surface area (Å²) in [5.74, 6) is 0.577. The third kappa shape index (κ3) is 1.95. The summed E-state index contributed by atoms with van der Waals surface area (Å²) in [7, 11) is 0. The zero-order valence-electron chi connectivity index (χ0n) is 8.91. The lowest BCUT2D eigenvalue weighted by Gasteiger charge is -2.24. The highest BCUT2D eigenvalue weighted by molar-refractivity contribution is 4.95. The summed E-state index contributed by atoms with van der Waals surface area (Å²) in [6, 6.07) is 0. The van der Waals surface area contributed by atoms with Crippen molar-refractivity contribution in [3.8, 4) is 0 Å².